The van der Waals surface area contributed by atoms with Crippen LogP contribution in [0.4, 0.5) is 0 Å². The molecule has 2 unspecified atom stereocenters. The average Bonchev–Trinajstić information content (AvgIpc) is 3.13. The third-order valence-corrected chi connectivity index (χ3v) is 7.01. The smallest absolute Gasteiger partial charge is 0.532 e. The fourth-order valence-electron chi connectivity index (χ4n) is 5.80. The van der Waals surface area contributed by atoms with Crippen LogP contribution >= 0.6 is 0 Å². The second kappa shape index (κ2) is 4.37. The third-order valence-electron chi connectivity index (χ3n) is 7.01. The summed E-state index contributed by atoms with van der Waals surface area (Å²) in [6.45, 7) is 0.914. The first-order chi connectivity index (χ1) is 11.7. The Bertz CT molecular complexity index is 585. The summed E-state index contributed by atoms with van der Waals surface area (Å²) in [5.74, 6) is -0.0838. The molecule has 0 amide bonds. The molecule has 8 nitrogen and oxygen atoms in total. The number of hydrogen-bond donors (Lipinski definition) is 0. The van der Waals surface area contributed by atoms with E-state index in [0.29, 0.717) is 25.7 Å². The van der Waals surface area contributed by atoms with E-state index in [1.807, 2.05) is 0 Å². The maximum Gasteiger partial charge on any atom is 0.532 e. The quantitative estimate of drug-likeness (QED) is 0.422. The lowest BCUT2D eigenvalue weighted by atomic mass is 9.19. The Balaban J connectivity index is 1.13. The van der Waals surface area contributed by atoms with Gasteiger partial charge in [0, 0.05) is 11.8 Å². The molecule has 2 N–H and O–H groups in total. The van der Waals surface area contributed by atoms with Crippen LogP contribution < -0.4 is 0 Å². The Hall–Kier alpha value is -0.190. The van der Waals surface area contributed by atoms with Gasteiger partial charge in [-0.2, -0.15) is 0 Å². The standard InChI is InChI=1S/C14H18B2O8/c17-15(11-6-1-5-2-20-14(6,23-11)4-19-5)16-12-8-9(24-16)7-3-18-13(21-7)10(8)22-12/h5-13,17H,1-4H2/p+1/t5-,6+,7+,8-,9+,10+,11?,12?,13+,14-/m0/s1. The lowest BCUT2D eigenvalue weighted by Crippen LogP contribution is -2.77. The first-order valence-corrected chi connectivity index (χ1v) is 8.96. The van der Waals surface area contributed by atoms with Crippen LogP contribution in [-0.4, -0.2) is 87.0 Å². The maximum absolute atomic E-state index is 8.77. The summed E-state index contributed by atoms with van der Waals surface area (Å²) in [6, 6.07) is -0.199. The van der Waals surface area contributed by atoms with E-state index < -0.39 is 12.6 Å². The van der Waals surface area contributed by atoms with E-state index in [1.165, 1.54) is 0 Å². The zero-order valence-corrected chi connectivity index (χ0v) is 13.0. The average molecular weight is 337 g/mol. The lowest BCUT2D eigenvalue weighted by Gasteiger charge is -2.60. The van der Waals surface area contributed by atoms with Crippen molar-refractivity contribution in [3.8, 4) is 0 Å². The first kappa shape index (κ1) is 13.9. The second-order valence-corrected chi connectivity index (χ2v) is 8.09. The minimum absolute atomic E-state index is 0.0122. The van der Waals surface area contributed by atoms with Crippen LogP contribution in [0, 0.1) is 11.8 Å². The number of rotatable bonds is 2. The SMILES string of the molecule is [OH2+]B(B1O[C@H]2[C@@H]3C1O[C@H]3[C@@H]1OC[C@H]2O1)C1O[C@]23CO[C@H](CO2)C[C@H]13. The van der Waals surface area contributed by atoms with E-state index >= 15 is 0 Å². The molecule has 8 aliphatic rings. The lowest BCUT2D eigenvalue weighted by molar-refractivity contribution is -0.440. The minimum Gasteiger partial charge on any atom is -0.555 e. The van der Waals surface area contributed by atoms with Crippen LogP contribution in [0.15, 0.2) is 0 Å². The molecule has 0 radical (unpaired) electrons. The summed E-state index contributed by atoms with van der Waals surface area (Å²) in [7, 11) is 0. The van der Waals surface area contributed by atoms with Crippen LogP contribution in [0.3, 0.4) is 0 Å². The molecule has 0 saturated carbocycles. The van der Waals surface area contributed by atoms with Gasteiger partial charge in [0.25, 0.3) is 0 Å². The van der Waals surface area contributed by atoms with Gasteiger partial charge in [-0.3, -0.25) is 0 Å². The topological polar surface area (TPSA) is 87.5 Å². The highest BCUT2D eigenvalue weighted by Crippen LogP contribution is 2.54. The first-order valence-electron chi connectivity index (χ1n) is 8.96. The molecular weight excluding hydrogens is 318 g/mol. The Kier molecular flexibility index (Phi) is 2.54. The summed E-state index contributed by atoms with van der Waals surface area (Å²) in [6.07, 6.45) is 0.745. The van der Waals surface area contributed by atoms with Gasteiger partial charge < -0.3 is 38.1 Å². The Morgan fingerprint density at radius 2 is 2.08 bits per heavy atom. The summed E-state index contributed by atoms with van der Waals surface area (Å²) in [4.78, 5) is 0. The normalized spacial score (nSPS) is 61.9. The zero-order chi connectivity index (χ0) is 15.6. The van der Waals surface area contributed by atoms with Gasteiger partial charge in [-0.15, -0.1) is 0 Å². The zero-order valence-electron chi connectivity index (χ0n) is 13.0. The van der Waals surface area contributed by atoms with Gasteiger partial charge in [0.2, 0.25) is 0 Å². The van der Waals surface area contributed by atoms with Gasteiger partial charge >= 0.3 is 13.6 Å². The molecule has 0 aromatic rings. The molecule has 1 spiro atoms. The molecule has 8 heterocycles. The summed E-state index contributed by atoms with van der Waals surface area (Å²) < 4.78 is 41.3. The molecule has 8 saturated heterocycles. The highest BCUT2D eigenvalue weighted by molar-refractivity contribution is 7.17. The molecule has 10 atom stereocenters. The Morgan fingerprint density at radius 3 is 2.92 bits per heavy atom. The fraction of sp³-hybridized carbons (Fsp3) is 1.00. The maximum atomic E-state index is 8.77. The van der Waals surface area contributed by atoms with Crippen molar-refractivity contribution in [3.05, 3.63) is 0 Å². The Labute approximate surface area is 139 Å². The van der Waals surface area contributed by atoms with Crippen LogP contribution in [0.1, 0.15) is 6.42 Å². The van der Waals surface area contributed by atoms with E-state index in [9.17, 15) is 0 Å². The summed E-state index contributed by atoms with van der Waals surface area (Å²) in [5, 5.41) is 8.77. The largest absolute Gasteiger partial charge is 0.555 e. The second-order valence-electron chi connectivity index (χ2n) is 8.09. The van der Waals surface area contributed by atoms with Gasteiger partial charge in [-0.25, -0.2) is 0 Å². The fourth-order valence-corrected chi connectivity index (χ4v) is 5.80. The highest BCUT2D eigenvalue weighted by atomic mass is 16.8. The molecule has 10 heteroatoms. The van der Waals surface area contributed by atoms with E-state index in [1.54, 1.807) is 0 Å². The van der Waals surface area contributed by atoms with Gasteiger partial charge in [-0.05, 0) is 6.42 Å². The van der Waals surface area contributed by atoms with Crippen molar-refractivity contribution < 1.29 is 38.1 Å². The summed E-state index contributed by atoms with van der Waals surface area (Å²) >= 11 is 0. The Morgan fingerprint density at radius 1 is 1.12 bits per heavy atom. The van der Waals surface area contributed by atoms with Crippen molar-refractivity contribution in [1.82, 2.24) is 0 Å². The molecule has 0 aromatic heterocycles. The van der Waals surface area contributed by atoms with Gasteiger partial charge in [0.1, 0.15) is 24.8 Å². The molecule has 8 rings (SSSR count). The van der Waals surface area contributed by atoms with E-state index in [2.05, 4.69) is 0 Å². The van der Waals surface area contributed by atoms with Gasteiger partial charge in [-0.1, -0.05) is 0 Å². The monoisotopic (exact) mass is 337 g/mol. The molecule has 0 aromatic carbocycles. The number of ether oxygens (including phenoxy) is 6. The van der Waals surface area contributed by atoms with Crippen LogP contribution in [0.5, 0.6) is 0 Å². The predicted molar refractivity (Wildman–Crippen MR) is 78.2 cm³/mol. The molecular formula is C14H19B2O8+. The number of fused-ring (bicyclic) bond motifs is 6. The molecule has 24 heavy (non-hydrogen) atoms. The third kappa shape index (κ3) is 1.48. The molecule has 0 aliphatic carbocycles. The van der Waals surface area contributed by atoms with Crippen molar-refractivity contribution in [2.75, 3.05) is 19.8 Å². The molecule has 4 bridgehead atoms. The molecule has 128 valence electrons. The minimum atomic E-state index is -0.608. The van der Waals surface area contributed by atoms with Crippen molar-refractivity contribution in [2.24, 2.45) is 11.8 Å². The van der Waals surface area contributed by atoms with Crippen molar-refractivity contribution in [2.45, 2.75) is 54.9 Å². The van der Waals surface area contributed by atoms with E-state index in [-0.39, 0.29) is 55.4 Å². The van der Waals surface area contributed by atoms with E-state index in [4.69, 9.17) is 38.1 Å². The summed E-state index contributed by atoms with van der Waals surface area (Å²) in [5.41, 5.74) is 0. The van der Waals surface area contributed by atoms with Crippen LogP contribution in [-0.2, 0) is 33.1 Å². The van der Waals surface area contributed by atoms with E-state index in [0.717, 1.165) is 6.42 Å². The van der Waals surface area contributed by atoms with Crippen molar-refractivity contribution >= 4 is 13.6 Å². The van der Waals surface area contributed by atoms with Crippen molar-refractivity contribution in [3.63, 3.8) is 0 Å². The predicted octanol–water partition coefficient (Wildman–Crippen LogP) is -2.08. The van der Waals surface area contributed by atoms with Crippen LogP contribution in [0.2, 0.25) is 0 Å². The molecule has 8 aliphatic heterocycles. The number of hydrogen-bond acceptors (Lipinski definition) is 7. The van der Waals surface area contributed by atoms with Crippen LogP contribution in [0.25, 0.3) is 0 Å². The van der Waals surface area contributed by atoms with Crippen molar-refractivity contribution in [1.29, 1.82) is 0 Å². The van der Waals surface area contributed by atoms with Gasteiger partial charge in [0.15, 0.2) is 12.1 Å². The molecule has 8 fully saturated rings. The highest BCUT2D eigenvalue weighted by Gasteiger charge is 2.77. The van der Waals surface area contributed by atoms with Gasteiger partial charge in [0.05, 0.1) is 31.4 Å².